The van der Waals surface area contributed by atoms with Gasteiger partial charge in [-0.25, -0.2) is 0 Å². The molecule has 0 bridgehead atoms. The number of carbonyl (C=O) groups excluding carboxylic acids is 2. The molecule has 33 heavy (non-hydrogen) atoms. The molecule has 0 spiro atoms. The molecule has 1 aliphatic rings. The normalized spacial score (nSPS) is 12.9. The van der Waals surface area contributed by atoms with Crippen LogP contribution in [0, 0.1) is 0 Å². The number of rotatable bonds is 6. The monoisotopic (exact) mass is 436 g/mol. The molecule has 5 rings (SSSR count). The van der Waals surface area contributed by atoms with Gasteiger partial charge in [-0.1, -0.05) is 42.5 Å². The number of carbonyl (C=O) groups is 2. The Morgan fingerprint density at radius 3 is 2.06 bits per heavy atom. The second kappa shape index (κ2) is 8.31. The van der Waals surface area contributed by atoms with E-state index in [1.54, 1.807) is 18.2 Å². The Hall–Kier alpha value is -4.32. The van der Waals surface area contributed by atoms with Crippen molar-refractivity contribution in [3.8, 4) is 11.1 Å². The molecule has 6 nitrogen and oxygen atoms in total. The standard InChI is InChI=1S/C27H24N4O2/c28-19-10-13-21(24(29)16-19)17-8-11-20(12-9-17)30-14-3-15-31-26(32)22-6-1-4-18-5-2-7-23(25(18)22)27(31)33/h1-2,4-13,16,30H,3,14-15,28-29H2. The lowest BCUT2D eigenvalue weighted by atomic mass is 9.94. The second-order valence-corrected chi connectivity index (χ2v) is 8.18. The summed E-state index contributed by atoms with van der Waals surface area (Å²) in [6.07, 6.45) is 0.641. The first-order valence-corrected chi connectivity index (χ1v) is 10.9. The third kappa shape index (κ3) is 3.76. The van der Waals surface area contributed by atoms with Crippen molar-refractivity contribution in [2.24, 2.45) is 0 Å². The Morgan fingerprint density at radius 2 is 1.42 bits per heavy atom. The third-order valence-electron chi connectivity index (χ3n) is 6.01. The molecule has 4 aromatic carbocycles. The quantitative estimate of drug-likeness (QED) is 0.230. The summed E-state index contributed by atoms with van der Waals surface area (Å²) in [4.78, 5) is 27.3. The maximum atomic E-state index is 13.0. The Bertz CT molecular complexity index is 1330. The second-order valence-electron chi connectivity index (χ2n) is 8.18. The number of benzene rings is 4. The van der Waals surface area contributed by atoms with Gasteiger partial charge in [0, 0.05) is 52.2 Å². The van der Waals surface area contributed by atoms with Crippen LogP contribution in [-0.4, -0.2) is 29.8 Å². The molecule has 0 saturated heterocycles. The van der Waals surface area contributed by atoms with Crippen molar-refractivity contribution in [2.45, 2.75) is 6.42 Å². The lowest BCUT2D eigenvalue weighted by molar-refractivity contribution is 0.0610. The van der Waals surface area contributed by atoms with Crippen molar-refractivity contribution in [2.75, 3.05) is 29.9 Å². The Labute approximate surface area is 191 Å². The predicted octanol–water partition coefficient (Wildman–Crippen LogP) is 4.77. The fourth-order valence-electron chi connectivity index (χ4n) is 4.37. The van der Waals surface area contributed by atoms with Gasteiger partial charge in [-0.2, -0.15) is 0 Å². The van der Waals surface area contributed by atoms with E-state index in [4.69, 9.17) is 11.5 Å². The van der Waals surface area contributed by atoms with Crippen LogP contribution >= 0.6 is 0 Å². The molecular formula is C27H24N4O2. The molecule has 1 aliphatic heterocycles. The number of nitrogen functional groups attached to an aromatic ring is 2. The van der Waals surface area contributed by atoms with Gasteiger partial charge in [-0.15, -0.1) is 0 Å². The molecule has 6 heteroatoms. The van der Waals surface area contributed by atoms with Gasteiger partial charge in [0.05, 0.1) is 0 Å². The van der Waals surface area contributed by atoms with Gasteiger partial charge in [0.1, 0.15) is 0 Å². The minimum absolute atomic E-state index is 0.227. The molecule has 1 heterocycles. The summed E-state index contributed by atoms with van der Waals surface area (Å²) < 4.78 is 0. The van der Waals surface area contributed by atoms with Crippen LogP contribution in [-0.2, 0) is 0 Å². The summed E-state index contributed by atoms with van der Waals surface area (Å²) in [5.74, 6) is -0.454. The molecule has 5 N–H and O–H groups in total. The summed E-state index contributed by atoms with van der Waals surface area (Å²) in [5, 5.41) is 5.02. The molecule has 0 aliphatic carbocycles. The Kier molecular flexibility index (Phi) is 5.18. The van der Waals surface area contributed by atoms with Crippen LogP contribution in [0.15, 0.2) is 78.9 Å². The van der Waals surface area contributed by atoms with Gasteiger partial charge >= 0.3 is 0 Å². The number of imide groups is 1. The van der Waals surface area contributed by atoms with Crippen LogP contribution in [0.1, 0.15) is 27.1 Å². The minimum Gasteiger partial charge on any atom is -0.399 e. The average molecular weight is 437 g/mol. The summed E-state index contributed by atoms with van der Waals surface area (Å²) in [6.45, 7) is 0.988. The fourth-order valence-corrected chi connectivity index (χ4v) is 4.37. The SMILES string of the molecule is Nc1ccc(-c2ccc(NCCCN3C(=O)c4cccc5cccc(c45)C3=O)cc2)c(N)c1. The van der Waals surface area contributed by atoms with Gasteiger partial charge in [-0.3, -0.25) is 14.5 Å². The van der Waals surface area contributed by atoms with Crippen LogP contribution in [0.25, 0.3) is 21.9 Å². The Balaban J connectivity index is 1.22. The van der Waals surface area contributed by atoms with E-state index >= 15 is 0 Å². The van der Waals surface area contributed by atoms with E-state index < -0.39 is 0 Å². The number of nitrogens with two attached hydrogens (primary N) is 2. The highest BCUT2D eigenvalue weighted by Crippen LogP contribution is 2.30. The summed E-state index contributed by atoms with van der Waals surface area (Å²) in [6, 6.07) is 24.6. The van der Waals surface area contributed by atoms with Crippen LogP contribution in [0.3, 0.4) is 0 Å². The van der Waals surface area contributed by atoms with Crippen LogP contribution in [0.5, 0.6) is 0 Å². The zero-order valence-corrected chi connectivity index (χ0v) is 18.0. The molecule has 0 saturated carbocycles. The predicted molar refractivity (Wildman–Crippen MR) is 133 cm³/mol. The van der Waals surface area contributed by atoms with Crippen molar-refractivity contribution in [3.63, 3.8) is 0 Å². The third-order valence-corrected chi connectivity index (χ3v) is 6.01. The molecule has 0 radical (unpaired) electrons. The highest BCUT2D eigenvalue weighted by molar-refractivity contribution is 6.25. The molecule has 164 valence electrons. The van der Waals surface area contributed by atoms with Crippen molar-refractivity contribution >= 4 is 39.6 Å². The van der Waals surface area contributed by atoms with Crippen molar-refractivity contribution < 1.29 is 9.59 Å². The summed E-state index contributed by atoms with van der Waals surface area (Å²) in [5.41, 5.74) is 17.2. The van der Waals surface area contributed by atoms with E-state index in [2.05, 4.69) is 5.32 Å². The van der Waals surface area contributed by atoms with E-state index in [0.29, 0.717) is 42.0 Å². The number of nitrogens with zero attached hydrogens (tertiary/aromatic N) is 1. The molecule has 4 aromatic rings. The molecule has 0 unspecified atom stereocenters. The van der Waals surface area contributed by atoms with Crippen molar-refractivity contribution in [1.29, 1.82) is 0 Å². The number of amides is 2. The van der Waals surface area contributed by atoms with Gasteiger partial charge in [-0.05, 0) is 53.8 Å². The minimum atomic E-state index is -0.227. The fraction of sp³-hybridized carbons (Fsp3) is 0.111. The molecule has 2 amide bonds. The molecule has 0 aromatic heterocycles. The maximum absolute atomic E-state index is 13.0. The van der Waals surface area contributed by atoms with Crippen LogP contribution in [0.4, 0.5) is 17.1 Å². The van der Waals surface area contributed by atoms with Crippen molar-refractivity contribution in [1.82, 2.24) is 4.90 Å². The zero-order valence-electron chi connectivity index (χ0n) is 18.0. The molecular weight excluding hydrogens is 412 g/mol. The van der Waals surface area contributed by atoms with Gasteiger partial charge in [0.15, 0.2) is 0 Å². The lowest BCUT2D eigenvalue weighted by Crippen LogP contribution is -2.41. The summed E-state index contributed by atoms with van der Waals surface area (Å²) >= 11 is 0. The van der Waals surface area contributed by atoms with Crippen LogP contribution in [0.2, 0.25) is 0 Å². The van der Waals surface area contributed by atoms with E-state index in [-0.39, 0.29) is 11.8 Å². The topological polar surface area (TPSA) is 101 Å². The summed E-state index contributed by atoms with van der Waals surface area (Å²) in [7, 11) is 0. The zero-order chi connectivity index (χ0) is 22.9. The highest BCUT2D eigenvalue weighted by Gasteiger charge is 2.31. The van der Waals surface area contributed by atoms with Crippen molar-refractivity contribution in [3.05, 3.63) is 90.0 Å². The highest BCUT2D eigenvalue weighted by atomic mass is 16.2. The number of hydrogen-bond donors (Lipinski definition) is 3. The first kappa shape index (κ1) is 20.6. The molecule has 0 atom stereocenters. The van der Waals surface area contributed by atoms with E-state index in [0.717, 1.165) is 27.6 Å². The average Bonchev–Trinajstić information content (AvgIpc) is 2.82. The van der Waals surface area contributed by atoms with Crippen LogP contribution < -0.4 is 16.8 Å². The van der Waals surface area contributed by atoms with Gasteiger partial charge < -0.3 is 16.8 Å². The number of anilines is 3. The maximum Gasteiger partial charge on any atom is 0.261 e. The first-order valence-electron chi connectivity index (χ1n) is 10.9. The van der Waals surface area contributed by atoms with E-state index in [1.807, 2.05) is 60.7 Å². The van der Waals surface area contributed by atoms with Gasteiger partial charge in [0.2, 0.25) is 0 Å². The lowest BCUT2D eigenvalue weighted by Gasteiger charge is -2.27. The number of hydrogen-bond acceptors (Lipinski definition) is 5. The largest absolute Gasteiger partial charge is 0.399 e. The van der Waals surface area contributed by atoms with E-state index in [9.17, 15) is 9.59 Å². The first-order chi connectivity index (χ1) is 16.0. The Morgan fingerprint density at radius 1 is 0.758 bits per heavy atom. The van der Waals surface area contributed by atoms with Gasteiger partial charge in [0.25, 0.3) is 11.8 Å². The smallest absolute Gasteiger partial charge is 0.261 e. The number of nitrogens with one attached hydrogen (secondary N) is 1. The van der Waals surface area contributed by atoms with E-state index in [1.165, 1.54) is 4.90 Å². The molecule has 0 fully saturated rings.